The third kappa shape index (κ3) is 2.12. The van der Waals surface area contributed by atoms with E-state index in [9.17, 15) is 0 Å². The van der Waals surface area contributed by atoms with E-state index in [1.165, 1.54) is 0 Å². The first-order valence-electron chi connectivity index (χ1n) is 2.98. The van der Waals surface area contributed by atoms with Gasteiger partial charge in [-0.05, 0) is 18.2 Å². The summed E-state index contributed by atoms with van der Waals surface area (Å²) in [5.74, 6) is 0. The summed E-state index contributed by atoms with van der Waals surface area (Å²) >= 11 is 14.6. The second-order valence-electron chi connectivity index (χ2n) is 2.01. The van der Waals surface area contributed by atoms with Crippen molar-refractivity contribution in [3.8, 4) is 0 Å². The van der Waals surface area contributed by atoms with Crippen LogP contribution in [0.1, 0.15) is 5.56 Å². The minimum absolute atomic E-state index is 0.0208. The summed E-state index contributed by atoms with van der Waals surface area (Å²) in [6, 6.07) is 5.09. The lowest BCUT2D eigenvalue weighted by molar-refractivity contribution is 0.321. The van der Waals surface area contributed by atoms with Gasteiger partial charge in [-0.25, -0.2) is 0 Å². The van der Waals surface area contributed by atoms with Crippen LogP contribution in [0.2, 0.25) is 5.02 Å². The Labute approximate surface area is 87.9 Å². The predicted octanol–water partition coefficient (Wildman–Crippen LogP) is 3.48. The first-order chi connectivity index (χ1) is 5.65. The van der Waals surface area contributed by atoms with Gasteiger partial charge in [-0.2, -0.15) is 0 Å². The van der Waals surface area contributed by atoms with Crippen molar-refractivity contribution in [1.29, 1.82) is 0 Å². The molecule has 0 spiro atoms. The lowest BCUT2D eigenvalue weighted by Crippen LogP contribution is -1.91. The van der Waals surface area contributed by atoms with E-state index >= 15 is 0 Å². The zero-order valence-corrected chi connectivity index (χ0v) is 8.86. The number of oxime groups is 1. The van der Waals surface area contributed by atoms with Gasteiger partial charge in [-0.3, -0.25) is 0 Å². The number of hydrogen-bond donors (Lipinski definition) is 1. The maximum absolute atomic E-state index is 8.37. The number of benzene rings is 1. The third-order valence-corrected chi connectivity index (χ3v) is 2.33. The average molecular weight is 269 g/mol. The number of halogens is 3. The molecular formula is C7H4BrCl2NO. The van der Waals surface area contributed by atoms with E-state index in [1.807, 2.05) is 0 Å². The maximum Gasteiger partial charge on any atom is 0.176 e. The van der Waals surface area contributed by atoms with Crippen LogP contribution in [0.5, 0.6) is 0 Å². The topological polar surface area (TPSA) is 32.6 Å². The zero-order chi connectivity index (χ0) is 9.14. The van der Waals surface area contributed by atoms with E-state index in [0.717, 1.165) is 4.47 Å². The largest absolute Gasteiger partial charge is 0.410 e. The second kappa shape index (κ2) is 4.12. The molecule has 1 aromatic carbocycles. The molecule has 0 aliphatic rings. The van der Waals surface area contributed by atoms with Crippen molar-refractivity contribution in [3.63, 3.8) is 0 Å². The molecule has 0 atom stereocenters. The molecule has 12 heavy (non-hydrogen) atoms. The molecule has 0 amide bonds. The van der Waals surface area contributed by atoms with Crippen LogP contribution in [0.15, 0.2) is 27.8 Å². The first kappa shape index (κ1) is 9.84. The van der Waals surface area contributed by atoms with E-state index in [0.29, 0.717) is 10.6 Å². The monoisotopic (exact) mass is 267 g/mol. The Balaban J connectivity index is 3.18. The van der Waals surface area contributed by atoms with E-state index in [1.54, 1.807) is 18.2 Å². The Hall–Kier alpha value is -0.250. The summed E-state index contributed by atoms with van der Waals surface area (Å²) in [6.45, 7) is 0. The fourth-order valence-electron chi connectivity index (χ4n) is 0.711. The van der Waals surface area contributed by atoms with Crippen LogP contribution in [-0.4, -0.2) is 10.4 Å². The molecule has 0 unspecified atom stereocenters. The zero-order valence-electron chi connectivity index (χ0n) is 5.76. The van der Waals surface area contributed by atoms with Crippen molar-refractivity contribution in [2.75, 3.05) is 0 Å². The molecule has 0 aliphatic heterocycles. The summed E-state index contributed by atoms with van der Waals surface area (Å²) in [7, 11) is 0. The molecule has 0 saturated heterocycles. The van der Waals surface area contributed by atoms with Crippen molar-refractivity contribution >= 4 is 44.3 Å². The van der Waals surface area contributed by atoms with E-state index in [4.69, 9.17) is 28.4 Å². The lowest BCUT2D eigenvalue weighted by atomic mass is 10.2. The van der Waals surface area contributed by atoms with Gasteiger partial charge in [-0.15, -0.1) is 0 Å². The Morgan fingerprint density at radius 2 is 2.17 bits per heavy atom. The molecule has 1 aromatic rings. The molecule has 0 heterocycles. The maximum atomic E-state index is 8.37. The van der Waals surface area contributed by atoms with E-state index in [-0.39, 0.29) is 5.17 Å². The molecular weight excluding hydrogens is 265 g/mol. The SMILES string of the molecule is ON=C(Cl)c1ccc(Br)cc1Cl. The normalized spacial score (nSPS) is 11.8. The summed E-state index contributed by atoms with van der Waals surface area (Å²) in [4.78, 5) is 0. The molecule has 1 N–H and O–H groups in total. The summed E-state index contributed by atoms with van der Waals surface area (Å²) in [5, 5.41) is 11.6. The van der Waals surface area contributed by atoms with Gasteiger partial charge >= 0.3 is 0 Å². The molecule has 0 saturated carbocycles. The molecule has 0 radical (unpaired) electrons. The smallest absolute Gasteiger partial charge is 0.176 e. The highest BCUT2D eigenvalue weighted by atomic mass is 79.9. The standard InChI is InChI=1S/C7H4BrCl2NO/c8-4-1-2-5(6(9)3-4)7(10)11-12/h1-3,12H. The van der Waals surface area contributed by atoms with Crippen LogP contribution in [0.25, 0.3) is 0 Å². The van der Waals surface area contributed by atoms with Crippen LogP contribution in [0.3, 0.4) is 0 Å². The van der Waals surface area contributed by atoms with Crippen molar-refractivity contribution in [2.24, 2.45) is 5.16 Å². The van der Waals surface area contributed by atoms with Crippen molar-refractivity contribution in [3.05, 3.63) is 33.3 Å². The minimum Gasteiger partial charge on any atom is -0.410 e. The quantitative estimate of drug-likeness (QED) is 0.472. The van der Waals surface area contributed by atoms with Gasteiger partial charge in [-0.1, -0.05) is 44.3 Å². The van der Waals surface area contributed by atoms with Gasteiger partial charge in [0, 0.05) is 10.0 Å². The first-order valence-corrected chi connectivity index (χ1v) is 4.53. The van der Waals surface area contributed by atoms with Gasteiger partial charge in [0.15, 0.2) is 5.17 Å². The highest BCUT2D eigenvalue weighted by molar-refractivity contribution is 9.10. The second-order valence-corrected chi connectivity index (χ2v) is 3.70. The predicted molar refractivity (Wildman–Crippen MR) is 53.3 cm³/mol. The molecule has 64 valence electrons. The van der Waals surface area contributed by atoms with E-state index < -0.39 is 0 Å². The highest BCUT2D eigenvalue weighted by Gasteiger charge is 2.05. The molecule has 5 heteroatoms. The van der Waals surface area contributed by atoms with Gasteiger partial charge < -0.3 is 5.21 Å². The molecule has 0 fully saturated rings. The van der Waals surface area contributed by atoms with Gasteiger partial charge in [0.2, 0.25) is 0 Å². The van der Waals surface area contributed by atoms with Crippen molar-refractivity contribution < 1.29 is 5.21 Å². The summed E-state index contributed by atoms with van der Waals surface area (Å²) in [6.07, 6.45) is 0. The third-order valence-electron chi connectivity index (χ3n) is 1.24. The lowest BCUT2D eigenvalue weighted by Gasteiger charge is -1.99. The van der Waals surface area contributed by atoms with Gasteiger partial charge in [0.1, 0.15) is 0 Å². The molecule has 1 rings (SSSR count). The number of hydrogen-bond acceptors (Lipinski definition) is 2. The Morgan fingerprint density at radius 3 is 2.67 bits per heavy atom. The van der Waals surface area contributed by atoms with Crippen LogP contribution in [0.4, 0.5) is 0 Å². The highest BCUT2D eigenvalue weighted by Crippen LogP contribution is 2.22. The van der Waals surface area contributed by atoms with E-state index in [2.05, 4.69) is 21.1 Å². The Bertz CT molecular complexity index is 327. The number of rotatable bonds is 1. The van der Waals surface area contributed by atoms with Crippen molar-refractivity contribution in [1.82, 2.24) is 0 Å². The van der Waals surface area contributed by atoms with Crippen LogP contribution < -0.4 is 0 Å². The van der Waals surface area contributed by atoms with Gasteiger partial charge in [0.05, 0.1) is 5.02 Å². The molecule has 2 nitrogen and oxygen atoms in total. The molecule has 0 aromatic heterocycles. The fourth-order valence-corrected chi connectivity index (χ4v) is 1.69. The minimum atomic E-state index is -0.0208. The Morgan fingerprint density at radius 1 is 1.50 bits per heavy atom. The summed E-state index contributed by atoms with van der Waals surface area (Å²) in [5.41, 5.74) is 0.504. The average Bonchev–Trinajstić information content (AvgIpc) is 2.03. The molecule has 0 aliphatic carbocycles. The van der Waals surface area contributed by atoms with Crippen LogP contribution in [0, 0.1) is 0 Å². The van der Waals surface area contributed by atoms with Crippen LogP contribution in [-0.2, 0) is 0 Å². The fraction of sp³-hybridized carbons (Fsp3) is 0. The molecule has 0 bridgehead atoms. The van der Waals surface area contributed by atoms with Gasteiger partial charge in [0.25, 0.3) is 0 Å². The number of nitrogens with zero attached hydrogens (tertiary/aromatic N) is 1. The Kier molecular flexibility index (Phi) is 3.38. The van der Waals surface area contributed by atoms with Crippen molar-refractivity contribution in [2.45, 2.75) is 0 Å². The van der Waals surface area contributed by atoms with Crippen LogP contribution >= 0.6 is 39.1 Å². The summed E-state index contributed by atoms with van der Waals surface area (Å²) < 4.78 is 0.846.